The van der Waals surface area contributed by atoms with Crippen LogP contribution >= 0.6 is 0 Å². The van der Waals surface area contributed by atoms with Crippen molar-refractivity contribution in [3.63, 3.8) is 0 Å². The minimum Gasteiger partial charge on any atom is -0.384 e. The molecule has 0 aliphatic carbocycles. The molecule has 4 rings (SSSR count). The van der Waals surface area contributed by atoms with Crippen LogP contribution in [0.25, 0.3) is 0 Å². The average Bonchev–Trinajstić information content (AvgIpc) is 3.06. The Labute approximate surface area is 262 Å². The number of carbonyl (C=O) groups is 3. The largest absolute Gasteiger partial charge is 0.384 e. The molecule has 0 aromatic heterocycles. The number of piperidine rings is 2. The molecule has 1 aromatic carbocycles. The van der Waals surface area contributed by atoms with E-state index in [-0.39, 0.29) is 29.6 Å². The van der Waals surface area contributed by atoms with Gasteiger partial charge in [-0.25, -0.2) is 4.79 Å². The summed E-state index contributed by atoms with van der Waals surface area (Å²) in [6.45, 7) is 9.50. The van der Waals surface area contributed by atoms with Gasteiger partial charge in [-0.3, -0.25) is 19.9 Å². The number of likely N-dealkylation sites (tertiary alicyclic amines) is 1. The lowest BCUT2D eigenvalue weighted by Gasteiger charge is -2.34. The van der Waals surface area contributed by atoms with Crippen molar-refractivity contribution in [3.8, 4) is 0 Å². The summed E-state index contributed by atoms with van der Waals surface area (Å²) in [5.74, 6) is 0.385. The summed E-state index contributed by atoms with van der Waals surface area (Å²) < 4.78 is 0. The molecule has 3 heterocycles. The molecule has 1 aromatic rings. The number of rotatable bonds is 14. The van der Waals surface area contributed by atoms with Crippen LogP contribution in [0.5, 0.6) is 0 Å². The summed E-state index contributed by atoms with van der Waals surface area (Å²) >= 11 is 0. The first kappa shape index (κ1) is 33.7. The molecule has 0 unspecified atom stereocenters. The monoisotopic (exact) mass is 611 g/mol. The highest BCUT2D eigenvalue weighted by Gasteiger charge is 2.27. The van der Waals surface area contributed by atoms with Crippen LogP contribution in [-0.4, -0.2) is 116 Å². The van der Waals surface area contributed by atoms with Crippen molar-refractivity contribution < 1.29 is 14.4 Å². The van der Waals surface area contributed by atoms with E-state index in [1.807, 2.05) is 21.9 Å². The van der Waals surface area contributed by atoms with Gasteiger partial charge in [0.15, 0.2) is 0 Å². The fraction of sp³-hybridized carbons (Fsp3) is 0.688. The van der Waals surface area contributed by atoms with E-state index in [1.54, 1.807) is 12.1 Å². The Hall–Kier alpha value is -3.22. The fourth-order valence-corrected chi connectivity index (χ4v) is 6.24. The van der Waals surface area contributed by atoms with Crippen molar-refractivity contribution in [3.05, 3.63) is 35.4 Å². The Morgan fingerprint density at radius 3 is 2.23 bits per heavy atom. The SMILES string of the molecule is N=C(N)c1ccc(CNC(=O)N2CCN(CCCCCC(=O)N3CCC(C(=O)NCCNC4CCNCC4)CC3)CC2)cc1. The van der Waals surface area contributed by atoms with E-state index in [0.717, 1.165) is 89.8 Å². The molecule has 7 N–H and O–H groups in total. The number of nitrogens with zero attached hydrogens (tertiary/aromatic N) is 3. The van der Waals surface area contributed by atoms with E-state index >= 15 is 0 Å². The number of amidine groups is 1. The fourth-order valence-electron chi connectivity index (χ4n) is 6.24. The van der Waals surface area contributed by atoms with Crippen LogP contribution in [0.4, 0.5) is 4.79 Å². The summed E-state index contributed by atoms with van der Waals surface area (Å²) in [6, 6.07) is 7.84. The van der Waals surface area contributed by atoms with Crippen molar-refractivity contribution in [1.82, 2.24) is 36.0 Å². The smallest absolute Gasteiger partial charge is 0.317 e. The lowest BCUT2D eigenvalue weighted by atomic mass is 9.95. The van der Waals surface area contributed by atoms with Crippen LogP contribution < -0.4 is 27.0 Å². The van der Waals surface area contributed by atoms with Crippen LogP contribution in [0, 0.1) is 11.3 Å². The van der Waals surface area contributed by atoms with Gasteiger partial charge in [-0.1, -0.05) is 30.7 Å². The zero-order chi connectivity index (χ0) is 31.1. The number of piperazine rings is 1. The average molecular weight is 612 g/mol. The maximum Gasteiger partial charge on any atom is 0.317 e. The third-order valence-corrected chi connectivity index (χ3v) is 9.15. The number of nitrogen functional groups attached to an aromatic ring is 1. The first-order valence-corrected chi connectivity index (χ1v) is 16.6. The molecule has 3 fully saturated rings. The summed E-state index contributed by atoms with van der Waals surface area (Å²) in [6.07, 6.45) is 7.30. The Morgan fingerprint density at radius 1 is 0.841 bits per heavy atom. The third kappa shape index (κ3) is 11.0. The third-order valence-electron chi connectivity index (χ3n) is 9.15. The first-order valence-electron chi connectivity index (χ1n) is 16.6. The van der Waals surface area contributed by atoms with Crippen LogP contribution in [-0.2, 0) is 16.1 Å². The molecule has 0 spiro atoms. The van der Waals surface area contributed by atoms with Gasteiger partial charge in [0, 0.05) is 82.8 Å². The molecule has 12 nitrogen and oxygen atoms in total. The molecular formula is C32H53N9O3. The first-order chi connectivity index (χ1) is 21.4. The van der Waals surface area contributed by atoms with Gasteiger partial charge in [-0.15, -0.1) is 0 Å². The number of amides is 4. The van der Waals surface area contributed by atoms with Gasteiger partial charge in [-0.05, 0) is 63.7 Å². The predicted octanol–water partition coefficient (Wildman–Crippen LogP) is 1.05. The minimum absolute atomic E-state index is 0.00970. The Balaban J connectivity index is 0.988. The molecule has 0 bridgehead atoms. The number of carbonyl (C=O) groups excluding carboxylic acids is 3. The van der Waals surface area contributed by atoms with Gasteiger partial charge >= 0.3 is 6.03 Å². The Morgan fingerprint density at radius 2 is 1.55 bits per heavy atom. The lowest BCUT2D eigenvalue weighted by molar-refractivity contribution is -0.135. The molecule has 4 amide bonds. The van der Waals surface area contributed by atoms with E-state index in [0.29, 0.717) is 57.3 Å². The van der Waals surface area contributed by atoms with Gasteiger partial charge in [0.2, 0.25) is 11.8 Å². The van der Waals surface area contributed by atoms with Gasteiger partial charge in [0.25, 0.3) is 0 Å². The zero-order valence-electron chi connectivity index (χ0n) is 26.2. The second-order valence-electron chi connectivity index (χ2n) is 12.3. The molecule has 0 radical (unpaired) electrons. The van der Waals surface area contributed by atoms with Gasteiger partial charge in [-0.2, -0.15) is 0 Å². The van der Waals surface area contributed by atoms with Crippen molar-refractivity contribution in [1.29, 1.82) is 5.41 Å². The molecule has 44 heavy (non-hydrogen) atoms. The topological polar surface area (TPSA) is 159 Å². The molecule has 12 heteroatoms. The molecule has 3 saturated heterocycles. The standard InChI is InChI=1S/C32H53N9O3/c33-30(34)26-7-5-25(6-8-26)24-38-32(44)41-22-20-39(21-23-41)17-3-1-2-4-29(42)40-18-11-27(12-19-40)31(43)37-16-15-36-28-9-13-35-14-10-28/h5-8,27-28,35-36H,1-4,9-24H2,(H3,33,34)(H,37,43)(H,38,44). The number of hydrogen-bond donors (Lipinski definition) is 6. The normalized spacial score (nSPS) is 18.6. The van der Waals surface area contributed by atoms with Crippen molar-refractivity contribution >= 4 is 23.7 Å². The van der Waals surface area contributed by atoms with Crippen LogP contribution in [0.3, 0.4) is 0 Å². The Kier molecular flexibility index (Phi) is 13.7. The molecule has 0 saturated carbocycles. The summed E-state index contributed by atoms with van der Waals surface area (Å²) in [5, 5.41) is 20.4. The Bertz CT molecular complexity index is 1060. The van der Waals surface area contributed by atoms with Crippen molar-refractivity contribution in [2.45, 2.75) is 64.0 Å². The van der Waals surface area contributed by atoms with Crippen LogP contribution in [0.2, 0.25) is 0 Å². The molecular weight excluding hydrogens is 558 g/mol. The summed E-state index contributed by atoms with van der Waals surface area (Å²) in [4.78, 5) is 44.1. The highest BCUT2D eigenvalue weighted by molar-refractivity contribution is 5.94. The summed E-state index contributed by atoms with van der Waals surface area (Å²) in [5.41, 5.74) is 7.14. The predicted molar refractivity (Wildman–Crippen MR) is 172 cm³/mol. The molecule has 244 valence electrons. The minimum atomic E-state index is -0.0521. The summed E-state index contributed by atoms with van der Waals surface area (Å²) in [7, 11) is 0. The van der Waals surface area contributed by atoms with E-state index in [2.05, 4.69) is 26.2 Å². The second-order valence-corrected chi connectivity index (χ2v) is 12.3. The van der Waals surface area contributed by atoms with E-state index in [4.69, 9.17) is 11.1 Å². The quantitative estimate of drug-likeness (QED) is 0.104. The van der Waals surface area contributed by atoms with Crippen molar-refractivity contribution in [2.75, 3.05) is 72.0 Å². The number of urea groups is 1. The number of hydrogen-bond acceptors (Lipinski definition) is 7. The molecule has 3 aliphatic rings. The number of unbranched alkanes of at least 4 members (excludes halogenated alkanes) is 2. The number of benzene rings is 1. The molecule has 0 atom stereocenters. The molecule has 3 aliphatic heterocycles. The lowest BCUT2D eigenvalue weighted by Crippen LogP contribution is -2.51. The van der Waals surface area contributed by atoms with Crippen molar-refractivity contribution in [2.24, 2.45) is 11.7 Å². The van der Waals surface area contributed by atoms with E-state index in [1.165, 1.54) is 0 Å². The van der Waals surface area contributed by atoms with E-state index < -0.39 is 0 Å². The van der Waals surface area contributed by atoms with Gasteiger partial charge in [0.05, 0.1) is 0 Å². The highest BCUT2D eigenvalue weighted by atomic mass is 16.2. The van der Waals surface area contributed by atoms with E-state index in [9.17, 15) is 14.4 Å². The number of nitrogens with one attached hydrogen (secondary N) is 5. The number of nitrogens with two attached hydrogens (primary N) is 1. The van der Waals surface area contributed by atoms with Gasteiger partial charge in [0.1, 0.15) is 5.84 Å². The maximum absolute atomic E-state index is 12.7. The maximum atomic E-state index is 12.7. The highest BCUT2D eigenvalue weighted by Crippen LogP contribution is 2.19. The zero-order valence-corrected chi connectivity index (χ0v) is 26.2. The van der Waals surface area contributed by atoms with Gasteiger partial charge < -0.3 is 36.8 Å². The van der Waals surface area contributed by atoms with Crippen LogP contribution in [0.15, 0.2) is 24.3 Å². The van der Waals surface area contributed by atoms with Crippen LogP contribution in [0.1, 0.15) is 62.5 Å². The second kappa shape index (κ2) is 17.9.